The second-order valence-corrected chi connectivity index (χ2v) is 10.4. The first-order valence-electron chi connectivity index (χ1n) is 9.09. The van der Waals surface area contributed by atoms with E-state index < -0.39 is 27.5 Å². The minimum atomic E-state index is -3.26. The van der Waals surface area contributed by atoms with Crippen molar-refractivity contribution in [2.24, 2.45) is 4.99 Å². The van der Waals surface area contributed by atoms with Crippen molar-refractivity contribution in [2.45, 2.75) is 24.1 Å². The average Bonchev–Trinajstić information content (AvgIpc) is 3.12. The predicted molar refractivity (Wildman–Crippen MR) is 110 cm³/mol. The molecule has 2 aromatic rings. The number of hydrogen-bond acceptors (Lipinski definition) is 4. The number of hydrogen-bond donors (Lipinski definition) is 0. The number of carbonyl (C=O) groups excluding carboxylic acids is 1. The van der Waals surface area contributed by atoms with E-state index in [1.54, 1.807) is 0 Å². The molecule has 5 nitrogen and oxygen atoms in total. The third kappa shape index (κ3) is 4.35. The fraction of sp³-hybridized carbons (Fsp3) is 0.300. The summed E-state index contributed by atoms with van der Waals surface area (Å²) in [5, 5.41) is -0.0800. The third-order valence-electron chi connectivity index (χ3n) is 4.93. The third-order valence-corrected chi connectivity index (χ3v) is 8.14. The molecule has 0 aromatic heterocycles. The van der Waals surface area contributed by atoms with E-state index in [0.717, 1.165) is 29.5 Å². The molecule has 2 heterocycles. The van der Waals surface area contributed by atoms with Gasteiger partial charge in [-0.2, -0.15) is 4.99 Å². The van der Waals surface area contributed by atoms with Crippen LogP contribution >= 0.6 is 11.8 Å². The van der Waals surface area contributed by atoms with Crippen molar-refractivity contribution in [2.75, 3.05) is 16.4 Å². The maximum Gasteiger partial charge on any atom is 0.248 e. The van der Waals surface area contributed by atoms with E-state index >= 15 is 0 Å². The topological polar surface area (TPSA) is 66.8 Å². The molecule has 2 atom stereocenters. The zero-order chi connectivity index (χ0) is 20.6. The van der Waals surface area contributed by atoms with Gasteiger partial charge in [-0.15, -0.1) is 0 Å². The molecule has 2 fully saturated rings. The lowest BCUT2D eigenvalue weighted by atomic mass is 10.1. The van der Waals surface area contributed by atoms with Gasteiger partial charge in [-0.05, 0) is 24.1 Å². The highest BCUT2D eigenvalue weighted by Crippen LogP contribution is 2.41. The average molecular weight is 437 g/mol. The first kappa shape index (κ1) is 20.0. The normalized spacial score (nSPS) is 24.1. The number of amidine groups is 1. The number of fused-ring (bicyclic) bond motifs is 1. The number of nitrogens with zero attached hydrogens (tertiary/aromatic N) is 2. The van der Waals surface area contributed by atoms with Crippen LogP contribution in [0.5, 0.6) is 0 Å². The van der Waals surface area contributed by atoms with Crippen LogP contribution in [0.4, 0.5) is 14.5 Å². The maximum absolute atomic E-state index is 14.5. The Bertz CT molecular complexity index is 1070. The molecule has 0 spiro atoms. The van der Waals surface area contributed by atoms with E-state index in [4.69, 9.17) is 0 Å². The van der Waals surface area contributed by atoms with Crippen LogP contribution < -0.4 is 4.90 Å². The summed E-state index contributed by atoms with van der Waals surface area (Å²) < 4.78 is 51.9. The molecule has 2 aromatic carbocycles. The molecule has 2 aliphatic rings. The summed E-state index contributed by atoms with van der Waals surface area (Å²) >= 11 is 1.16. The molecule has 0 bridgehead atoms. The van der Waals surface area contributed by atoms with E-state index in [-0.39, 0.29) is 39.9 Å². The molecule has 2 saturated heterocycles. The highest BCUT2D eigenvalue weighted by Gasteiger charge is 2.50. The van der Waals surface area contributed by atoms with Crippen LogP contribution in [0.2, 0.25) is 0 Å². The van der Waals surface area contributed by atoms with E-state index in [9.17, 15) is 22.0 Å². The van der Waals surface area contributed by atoms with Crippen molar-refractivity contribution in [3.63, 3.8) is 0 Å². The van der Waals surface area contributed by atoms with Crippen molar-refractivity contribution >= 4 is 38.4 Å². The highest BCUT2D eigenvalue weighted by molar-refractivity contribution is 8.16. The van der Waals surface area contributed by atoms with Crippen LogP contribution in [0.25, 0.3) is 0 Å². The van der Waals surface area contributed by atoms with Crippen LogP contribution in [0.3, 0.4) is 0 Å². The first-order valence-corrected chi connectivity index (χ1v) is 11.8. The molecule has 2 aliphatic heterocycles. The van der Waals surface area contributed by atoms with E-state index in [1.807, 2.05) is 30.3 Å². The molecular formula is C20H18F2N2O3S2. The lowest BCUT2D eigenvalue weighted by molar-refractivity contribution is -0.117. The summed E-state index contributed by atoms with van der Waals surface area (Å²) in [6, 6.07) is 12.1. The number of halogens is 2. The Morgan fingerprint density at radius 3 is 2.62 bits per heavy atom. The summed E-state index contributed by atoms with van der Waals surface area (Å²) in [5.41, 5.74) is 1.03. The maximum atomic E-state index is 14.5. The van der Waals surface area contributed by atoms with Gasteiger partial charge in [-0.3, -0.25) is 4.79 Å². The lowest BCUT2D eigenvalue weighted by Gasteiger charge is -2.24. The van der Waals surface area contributed by atoms with E-state index in [2.05, 4.69) is 4.99 Å². The summed E-state index contributed by atoms with van der Waals surface area (Å²) in [6.45, 7) is 0. The number of thioether (sulfide) groups is 1. The van der Waals surface area contributed by atoms with Crippen molar-refractivity contribution in [1.82, 2.24) is 0 Å². The molecule has 152 valence electrons. The van der Waals surface area contributed by atoms with Gasteiger partial charge in [0.25, 0.3) is 0 Å². The highest BCUT2D eigenvalue weighted by atomic mass is 32.2. The quantitative estimate of drug-likeness (QED) is 0.737. The van der Waals surface area contributed by atoms with Crippen LogP contribution in [-0.2, 0) is 21.1 Å². The number of carbonyl (C=O) groups is 1. The summed E-state index contributed by atoms with van der Waals surface area (Å²) in [7, 11) is -3.26. The zero-order valence-electron chi connectivity index (χ0n) is 15.3. The molecule has 29 heavy (non-hydrogen) atoms. The summed E-state index contributed by atoms with van der Waals surface area (Å²) in [5.74, 6) is -2.13. The van der Waals surface area contributed by atoms with Crippen LogP contribution in [0.15, 0.2) is 53.5 Å². The second kappa shape index (κ2) is 7.87. The molecule has 0 aliphatic carbocycles. The van der Waals surface area contributed by atoms with E-state index in [0.29, 0.717) is 6.42 Å². The number of anilines is 1. The van der Waals surface area contributed by atoms with Gasteiger partial charge in [0.15, 0.2) is 15.0 Å². The molecule has 0 saturated carbocycles. The van der Waals surface area contributed by atoms with Gasteiger partial charge >= 0.3 is 0 Å². The molecule has 0 N–H and O–H groups in total. The van der Waals surface area contributed by atoms with Gasteiger partial charge in [-0.25, -0.2) is 17.2 Å². The Kier molecular flexibility index (Phi) is 5.44. The van der Waals surface area contributed by atoms with Crippen molar-refractivity contribution < 1.29 is 22.0 Å². The van der Waals surface area contributed by atoms with Crippen LogP contribution in [0.1, 0.15) is 12.0 Å². The number of aryl methyl sites for hydroxylation is 1. The zero-order valence-corrected chi connectivity index (χ0v) is 16.9. The smallest absolute Gasteiger partial charge is 0.248 e. The predicted octanol–water partition coefficient (Wildman–Crippen LogP) is 3.20. The minimum absolute atomic E-state index is 0.0260. The summed E-state index contributed by atoms with van der Waals surface area (Å²) in [6.07, 6.45) is 0.703. The molecule has 4 rings (SSSR count). The Morgan fingerprint density at radius 1 is 1.14 bits per heavy atom. The van der Waals surface area contributed by atoms with Gasteiger partial charge in [0.2, 0.25) is 5.91 Å². The fourth-order valence-electron chi connectivity index (χ4n) is 3.58. The number of rotatable bonds is 4. The van der Waals surface area contributed by atoms with Crippen molar-refractivity contribution in [1.29, 1.82) is 0 Å². The van der Waals surface area contributed by atoms with Gasteiger partial charge < -0.3 is 4.90 Å². The number of aliphatic imine (C=N–C) groups is 1. The number of benzene rings is 2. The molecule has 0 radical (unpaired) electrons. The SMILES string of the molecule is O=C(CCc1ccccc1)N=C1S[C@@H]2CS(=O)(=O)C[C@H]2N1c1ccc(F)cc1F. The Balaban J connectivity index is 1.60. The molecular weight excluding hydrogens is 418 g/mol. The molecule has 1 amide bonds. The van der Waals surface area contributed by atoms with E-state index in [1.165, 1.54) is 11.0 Å². The Labute approximate surface area is 171 Å². The summed E-state index contributed by atoms with van der Waals surface area (Å²) in [4.78, 5) is 18.0. The number of sulfone groups is 1. The Hall–Kier alpha value is -2.26. The standard InChI is InChI=1S/C20H18F2N2O3S2/c21-14-7-8-16(15(22)10-14)24-17-11-29(26,27)12-18(17)28-20(24)23-19(25)9-6-13-4-2-1-3-5-13/h1-5,7-8,10,17-18H,6,9,11-12H2/t17-,18-/m1/s1. The lowest BCUT2D eigenvalue weighted by Crippen LogP contribution is -2.38. The van der Waals surface area contributed by atoms with Gasteiger partial charge in [0.1, 0.15) is 11.6 Å². The van der Waals surface area contributed by atoms with Gasteiger partial charge in [0.05, 0.1) is 23.2 Å². The first-order chi connectivity index (χ1) is 13.8. The van der Waals surface area contributed by atoms with Crippen molar-refractivity contribution in [3.8, 4) is 0 Å². The van der Waals surface area contributed by atoms with Crippen LogP contribution in [-0.4, -0.2) is 42.3 Å². The molecule has 0 unspecified atom stereocenters. The molecule has 9 heteroatoms. The minimum Gasteiger partial charge on any atom is -0.313 e. The monoisotopic (exact) mass is 436 g/mol. The Morgan fingerprint density at radius 2 is 1.90 bits per heavy atom. The van der Waals surface area contributed by atoms with Crippen molar-refractivity contribution in [3.05, 3.63) is 65.7 Å². The number of amides is 1. The van der Waals surface area contributed by atoms with Crippen LogP contribution in [0, 0.1) is 11.6 Å². The van der Waals surface area contributed by atoms with Gasteiger partial charge in [0, 0.05) is 17.7 Å². The second-order valence-electron chi connectivity index (χ2n) is 7.04. The fourth-order valence-corrected chi connectivity index (χ4v) is 7.51. The largest absolute Gasteiger partial charge is 0.313 e. The van der Waals surface area contributed by atoms with Gasteiger partial charge in [-0.1, -0.05) is 42.1 Å².